The van der Waals surface area contributed by atoms with E-state index in [2.05, 4.69) is 4.98 Å². The minimum atomic E-state index is -1.27. The van der Waals surface area contributed by atoms with E-state index in [0.717, 1.165) is 18.2 Å². The van der Waals surface area contributed by atoms with Crippen LogP contribution in [0, 0.1) is 11.6 Å². The van der Waals surface area contributed by atoms with Gasteiger partial charge in [0.1, 0.15) is 23.6 Å². The molecule has 0 fully saturated rings. The summed E-state index contributed by atoms with van der Waals surface area (Å²) in [5.74, 6) is -0.994. The summed E-state index contributed by atoms with van der Waals surface area (Å²) in [6, 6.07) is 11.9. The Morgan fingerprint density at radius 2 is 1.79 bits per heavy atom. The minimum absolute atomic E-state index is 0.0560. The van der Waals surface area contributed by atoms with E-state index in [1.165, 1.54) is 10.8 Å². The number of aliphatic hydroxyl groups excluding tert-OH is 2. The molecule has 0 unspecified atom stereocenters. The summed E-state index contributed by atoms with van der Waals surface area (Å²) in [4.78, 5) is 4.11. The van der Waals surface area contributed by atoms with Crippen LogP contribution in [0.3, 0.4) is 0 Å². The average molecular weight is 330 g/mol. The smallest absolute Gasteiger partial charge is 0.142 e. The van der Waals surface area contributed by atoms with Crippen LogP contribution in [0.25, 0.3) is 0 Å². The van der Waals surface area contributed by atoms with E-state index >= 15 is 0 Å². The summed E-state index contributed by atoms with van der Waals surface area (Å²) in [7, 11) is 0. The molecule has 3 aromatic rings. The third-order valence-electron chi connectivity index (χ3n) is 3.79. The lowest BCUT2D eigenvalue weighted by Gasteiger charge is -2.17. The fourth-order valence-electron chi connectivity index (χ4n) is 2.56. The molecule has 0 radical (unpaired) electrons. The summed E-state index contributed by atoms with van der Waals surface area (Å²) in [6.07, 6.45) is 0.806. The van der Waals surface area contributed by atoms with Gasteiger partial charge in [-0.05, 0) is 23.8 Å². The highest BCUT2D eigenvalue weighted by Crippen LogP contribution is 2.24. The van der Waals surface area contributed by atoms with Crippen molar-refractivity contribution in [1.29, 1.82) is 0 Å². The van der Waals surface area contributed by atoms with Crippen molar-refractivity contribution in [2.45, 2.75) is 18.8 Å². The van der Waals surface area contributed by atoms with Crippen LogP contribution in [0.2, 0.25) is 0 Å². The molecule has 2 N–H and O–H groups in total. The molecule has 24 heavy (non-hydrogen) atoms. The van der Waals surface area contributed by atoms with Crippen LogP contribution in [0.1, 0.15) is 29.2 Å². The summed E-state index contributed by atoms with van der Waals surface area (Å²) in [5, 5.41) is 20.7. The summed E-state index contributed by atoms with van der Waals surface area (Å²) in [5.41, 5.74) is 0.514. The van der Waals surface area contributed by atoms with Gasteiger partial charge < -0.3 is 14.8 Å². The van der Waals surface area contributed by atoms with Gasteiger partial charge in [-0.15, -0.1) is 0 Å². The molecule has 6 heteroatoms. The van der Waals surface area contributed by atoms with Gasteiger partial charge in [0, 0.05) is 18.0 Å². The molecule has 0 saturated carbocycles. The minimum Gasteiger partial charge on any atom is -0.386 e. The third-order valence-corrected chi connectivity index (χ3v) is 3.79. The van der Waals surface area contributed by atoms with Gasteiger partial charge >= 0.3 is 0 Å². The zero-order valence-electron chi connectivity index (χ0n) is 12.7. The van der Waals surface area contributed by atoms with Gasteiger partial charge in [-0.25, -0.2) is 13.8 Å². The Kier molecular flexibility index (Phi) is 4.69. The van der Waals surface area contributed by atoms with E-state index in [1.54, 1.807) is 30.5 Å². The normalized spacial score (nSPS) is 13.7. The first kappa shape index (κ1) is 16.3. The molecule has 1 aromatic heterocycles. The quantitative estimate of drug-likeness (QED) is 0.756. The zero-order chi connectivity index (χ0) is 17.1. The van der Waals surface area contributed by atoms with Crippen LogP contribution in [0.5, 0.6) is 0 Å². The molecule has 2 atom stereocenters. The molecular weight excluding hydrogens is 314 g/mol. The lowest BCUT2D eigenvalue weighted by atomic mass is 10.1. The number of benzene rings is 2. The second kappa shape index (κ2) is 6.90. The number of imidazole rings is 1. The molecule has 124 valence electrons. The Morgan fingerprint density at radius 3 is 2.54 bits per heavy atom. The fraction of sp³-hybridized carbons (Fsp3) is 0.167. The highest BCUT2D eigenvalue weighted by Gasteiger charge is 2.20. The van der Waals surface area contributed by atoms with Crippen LogP contribution < -0.4 is 0 Å². The van der Waals surface area contributed by atoms with Crippen molar-refractivity contribution >= 4 is 0 Å². The number of aliphatic hydroxyl groups is 2. The molecular formula is C18H16F2N2O2. The second-order valence-corrected chi connectivity index (χ2v) is 5.43. The third kappa shape index (κ3) is 3.34. The summed E-state index contributed by atoms with van der Waals surface area (Å²) >= 11 is 0. The van der Waals surface area contributed by atoms with E-state index in [9.17, 15) is 19.0 Å². The Labute approximate surface area is 137 Å². The monoisotopic (exact) mass is 330 g/mol. The van der Waals surface area contributed by atoms with Crippen molar-refractivity contribution in [3.05, 3.63) is 89.5 Å². The molecule has 1 heterocycles. The lowest BCUT2D eigenvalue weighted by molar-refractivity contribution is 0.143. The van der Waals surface area contributed by atoms with Crippen molar-refractivity contribution in [2.24, 2.45) is 0 Å². The van der Waals surface area contributed by atoms with Gasteiger partial charge in [-0.3, -0.25) is 0 Å². The van der Waals surface area contributed by atoms with Gasteiger partial charge in [0.15, 0.2) is 0 Å². The van der Waals surface area contributed by atoms with Crippen molar-refractivity contribution < 1.29 is 19.0 Å². The molecule has 2 aromatic carbocycles. The van der Waals surface area contributed by atoms with Crippen LogP contribution in [0.4, 0.5) is 8.78 Å². The highest BCUT2D eigenvalue weighted by molar-refractivity contribution is 5.24. The first-order valence-corrected chi connectivity index (χ1v) is 7.43. The van der Waals surface area contributed by atoms with Gasteiger partial charge in [-0.1, -0.05) is 30.3 Å². The molecule has 0 aliphatic rings. The number of rotatable bonds is 5. The number of halogens is 2. The predicted molar refractivity (Wildman–Crippen MR) is 84.0 cm³/mol. The second-order valence-electron chi connectivity index (χ2n) is 5.43. The molecule has 3 rings (SSSR count). The molecule has 0 spiro atoms. The van der Waals surface area contributed by atoms with Gasteiger partial charge in [0.2, 0.25) is 0 Å². The Morgan fingerprint density at radius 1 is 1.04 bits per heavy atom. The van der Waals surface area contributed by atoms with E-state index in [0.29, 0.717) is 11.4 Å². The maximum Gasteiger partial charge on any atom is 0.142 e. The molecule has 0 aliphatic carbocycles. The Bertz CT molecular complexity index is 821. The summed E-state index contributed by atoms with van der Waals surface area (Å²) < 4.78 is 28.6. The van der Waals surface area contributed by atoms with Gasteiger partial charge in [-0.2, -0.15) is 0 Å². The lowest BCUT2D eigenvalue weighted by Crippen LogP contribution is -2.15. The molecule has 0 amide bonds. The van der Waals surface area contributed by atoms with Crippen molar-refractivity contribution in [3.8, 4) is 0 Å². The van der Waals surface area contributed by atoms with Gasteiger partial charge in [0.25, 0.3) is 0 Å². The van der Waals surface area contributed by atoms with E-state index in [1.807, 2.05) is 6.07 Å². The first-order chi connectivity index (χ1) is 11.6. The van der Waals surface area contributed by atoms with Gasteiger partial charge in [0.05, 0.1) is 12.6 Å². The van der Waals surface area contributed by atoms with Crippen LogP contribution in [-0.2, 0) is 6.54 Å². The Balaban J connectivity index is 1.84. The van der Waals surface area contributed by atoms with Crippen molar-refractivity contribution in [1.82, 2.24) is 9.55 Å². The van der Waals surface area contributed by atoms with Crippen molar-refractivity contribution in [2.75, 3.05) is 0 Å². The first-order valence-electron chi connectivity index (χ1n) is 7.43. The zero-order valence-corrected chi connectivity index (χ0v) is 12.7. The number of hydrogen-bond acceptors (Lipinski definition) is 3. The largest absolute Gasteiger partial charge is 0.386 e. The summed E-state index contributed by atoms with van der Waals surface area (Å²) in [6.45, 7) is -0.0560. The number of aromatic nitrogens is 2. The Hall–Kier alpha value is -2.57. The molecule has 0 bridgehead atoms. The number of nitrogens with zero attached hydrogens (tertiary/aromatic N) is 2. The van der Waals surface area contributed by atoms with E-state index in [-0.39, 0.29) is 12.1 Å². The standard InChI is InChI=1S/C18H16F2N2O2/c19-13-6-7-15(20)14(10-13)16(23)11-22-9-8-21-18(22)17(24)12-4-2-1-3-5-12/h1-10,16-17,23-24H,11H2/t16-,17+/m0/s1. The average Bonchev–Trinajstić information content (AvgIpc) is 3.05. The van der Waals surface area contributed by atoms with E-state index in [4.69, 9.17) is 0 Å². The topological polar surface area (TPSA) is 58.3 Å². The highest BCUT2D eigenvalue weighted by atomic mass is 19.1. The van der Waals surface area contributed by atoms with E-state index < -0.39 is 23.8 Å². The molecule has 4 nitrogen and oxygen atoms in total. The number of hydrogen-bond donors (Lipinski definition) is 2. The fourth-order valence-corrected chi connectivity index (χ4v) is 2.56. The maximum atomic E-state index is 13.8. The van der Waals surface area contributed by atoms with Crippen LogP contribution >= 0.6 is 0 Å². The molecule has 0 aliphatic heterocycles. The van der Waals surface area contributed by atoms with Crippen LogP contribution in [-0.4, -0.2) is 19.8 Å². The van der Waals surface area contributed by atoms with Crippen LogP contribution in [0.15, 0.2) is 60.9 Å². The SMILES string of the molecule is O[C@H](c1ccccc1)c1nccn1C[C@H](O)c1cc(F)ccc1F. The maximum absolute atomic E-state index is 13.8. The predicted octanol–water partition coefficient (Wildman–Crippen LogP) is 2.98. The molecule has 0 saturated heterocycles. The van der Waals surface area contributed by atoms with Crippen molar-refractivity contribution in [3.63, 3.8) is 0 Å².